The second kappa shape index (κ2) is 6.89. The average Bonchev–Trinajstić information content (AvgIpc) is 2.31. The van der Waals surface area contributed by atoms with Crippen molar-refractivity contribution >= 4 is 22.4 Å². The van der Waals surface area contributed by atoms with Crippen LogP contribution in [0.25, 0.3) is 0 Å². The summed E-state index contributed by atoms with van der Waals surface area (Å²) in [6.07, 6.45) is 3.53. The summed E-state index contributed by atoms with van der Waals surface area (Å²) < 4.78 is 32.1. The molecular formula is C10H21ClN2O3S. The van der Waals surface area contributed by atoms with Crippen LogP contribution in [0.3, 0.4) is 0 Å². The smallest absolute Gasteiger partial charge is 0.217 e. The zero-order valence-corrected chi connectivity index (χ0v) is 11.5. The Balaban J connectivity index is 0.00000144. The molecular weight excluding hydrogens is 264 g/mol. The van der Waals surface area contributed by atoms with E-state index in [1.807, 2.05) is 0 Å². The van der Waals surface area contributed by atoms with Crippen LogP contribution in [0.5, 0.6) is 0 Å². The maximum atomic E-state index is 12.0. The van der Waals surface area contributed by atoms with E-state index in [1.165, 1.54) is 0 Å². The normalized spacial score (nSPS) is 30.6. The van der Waals surface area contributed by atoms with Crippen LogP contribution in [0, 0.1) is 0 Å². The van der Waals surface area contributed by atoms with Gasteiger partial charge >= 0.3 is 0 Å². The van der Waals surface area contributed by atoms with Crippen molar-refractivity contribution in [1.29, 1.82) is 0 Å². The molecule has 2 N–H and O–H groups in total. The van der Waals surface area contributed by atoms with Gasteiger partial charge in [-0.15, -0.1) is 12.4 Å². The molecule has 102 valence electrons. The molecule has 0 bridgehead atoms. The van der Waals surface area contributed by atoms with Crippen molar-refractivity contribution in [2.75, 3.05) is 26.3 Å². The first-order valence-corrected chi connectivity index (χ1v) is 7.53. The molecule has 2 fully saturated rings. The van der Waals surface area contributed by atoms with Crippen LogP contribution >= 0.6 is 12.4 Å². The van der Waals surface area contributed by atoms with Gasteiger partial charge in [-0.2, -0.15) is 0 Å². The summed E-state index contributed by atoms with van der Waals surface area (Å²) >= 11 is 0. The van der Waals surface area contributed by atoms with E-state index in [2.05, 4.69) is 10.0 Å². The predicted octanol–water partition coefficient (Wildman–Crippen LogP) is 0.259. The summed E-state index contributed by atoms with van der Waals surface area (Å²) in [7, 11) is -3.20. The second-order valence-corrected chi connectivity index (χ2v) is 6.54. The minimum absolute atomic E-state index is 0. The number of piperidine rings is 1. The van der Waals surface area contributed by atoms with Crippen LogP contribution in [0.2, 0.25) is 0 Å². The molecule has 7 heteroatoms. The van der Waals surface area contributed by atoms with Crippen molar-refractivity contribution in [1.82, 2.24) is 10.0 Å². The van der Waals surface area contributed by atoms with Crippen molar-refractivity contribution in [2.45, 2.75) is 37.0 Å². The fourth-order valence-corrected chi connectivity index (χ4v) is 3.85. The Morgan fingerprint density at radius 2 is 2.06 bits per heavy atom. The summed E-state index contributed by atoms with van der Waals surface area (Å²) in [5.41, 5.74) is 0. The first-order chi connectivity index (χ1) is 7.68. The van der Waals surface area contributed by atoms with Crippen LogP contribution in [-0.2, 0) is 14.8 Å². The lowest BCUT2D eigenvalue weighted by Gasteiger charge is -2.28. The summed E-state index contributed by atoms with van der Waals surface area (Å²) in [4.78, 5) is 0. The molecule has 17 heavy (non-hydrogen) atoms. The van der Waals surface area contributed by atoms with Crippen LogP contribution in [0.4, 0.5) is 0 Å². The Kier molecular flexibility index (Phi) is 6.16. The van der Waals surface area contributed by atoms with E-state index in [-0.39, 0.29) is 23.7 Å². The minimum Gasteiger partial charge on any atom is -0.380 e. The van der Waals surface area contributed by atoms with Crippen molar-refractivity contribution in [3.8, 4) is 0 Å². The van der Waals surface area contributed by atoms with Gasteiger partial charge in [-0.1, -0.05) is 0 Å². The summed E-state index contributed by atoms with van der Waals surface area (Å²) in [6, 6.07) is 0.0562. The Morgan fingerprint density at radius 1 is 1.24 bits per heavy atom. The lowest BCUT2D eigenvalue weighted by Crippen LogP contribution is -2.49. The zero-order valence-electron chi connectivity index (χ0n) is 9.85. The number of rotatable bonds is 3. The number of hydrogen-bond donors (Lipinski definition) is 2. The molecule has 2 rings (SSSR count). The Labute approximate surface area is 109 Å². The van der Waals surface area contributed by atoms with E-state index in [1.54, 1.807) is 0 Å². The fraction of sp³-hybridized carbons (Fsp3) is 1.00. The molecule has 5 nitrogen and oxygen atoms in total. The van der Waals surface area contributed by atoms with Gasteiger partial charge in [0.15, 0.2) is 0 Å². The molecule has 0 aliphatic carbocycles. The number of halogens is 1. The first kappa shape index (κ1) is 15.2. The van der Waals surface area contributed by atoms with Crippen LogP contribution in [-0.4, -0.2) is 46.0 Å². The van der Waals surface area contributed by atoms with Gasteiger partial charge in [-0.05, 0) is 32.2 Å². The van der Waals surface area contributed by atoms with Crippen molar-refractivity contribution < 1.29 is 13.2 Å². The zero-order chi connectivity index (χ0) is 11.4. The highest BCUT2D eigenvalue weighted by Crippen LogP contribution is 2.15. The molecule has 0 aromatic heterocycles. The standard InChI is InChI=1S/C10H20N2O3S.ClH/c13-16(14,10-4-2-6-15-8-10)12-9-3-1-5-11-7-9;/h9-12H,1-8H2;1H/t9-,10?;/m1./s1. The van der Waals surface area contributed by atoms with Gasteiger partial charge in [-0.25, -0.2) is 13.1 Å². The van der Waals surface area contributed by atoms with Gasteiger partial charge in [-0.3, -0.25) is 0 Å². The van der Waals surface area contributed by atoms with Gasteiger partial charge in [0.05, 0.1) is 11.9 Å². The molecule has 0 spiro atoms. The predicted molar refractivity (Wildman–Crippen MR) is 69.0 cm³/mol. The monoisotopic (exact) mass is 284 g/mol. The van der Waals surface area contributed by atoms with E-state index in [9.17, 15) is 8.42 Å². The van der Waals surface area contributed by atoms with Gasteiger partial charge in [0, 0.05) is 19.2 Å². The Bertz CT molecular complexity index is 312. The molecule has 0 radical (unpaired) electrons. The van der Waals surface area contributed by atoms with E-state index < -0.39 is 10.0 Å². The lowest BCUT2D eigenvalue weighted by atomic mass is 10.1. The van der Waals surface area contributed by atoms with Crippen molar-refractivity contribution in [3.05, 3.63) is 0 Å². The van der Waals surface area contributed by atoms with Crippen molar-refractivity contribution in [3.63, 3.8) is 0 Å². The molecule has 2 aliphatic heterocycles. The van der Waals surface area contributed by atoms with E-state index in [0.717, 1.165) is 38.8 Å². The van der Waals surface area contributed by atoms with Gasteiger partial charge in [0.25, 0.3) is 0 Å². The average molecular weight is 285 g/mol. The number of sulfonamides is 1. The molecule has 1 unspecified atom stereocenters. The maximum absolute atomic E-state index is 12.0. The lowest BCUT2D eigenvalue weighted by molar-refractivity contribution is 0.0986. The molecule has 2 heterocycles. The second-order valence-electron chi connectivity index (χ2n) is 4.55. The third kappa shape index (κ3) is 4.37. The quantitative estimate of drug-likeness (QED) is 0.780. The highest BCUT2D eigenvalue weighted by atomic mass is 35.5. The molecule has 0 aromatic rings. The summed E-state index contributed by atoms with van der Waals surface area (Å²) in [5.74, 6) is 0. The minimum atomic E-state index is -3.20. The number of ether oxygens (including phenoxy) is 1. The highest BCUT2D eigenvalue weighted by Gasteiger charge is 2.30. The molecule has 2 saturated heterocycles. The topological polar surface area (TPSA) is 67.4 Å². The first-order valence-electron chi connectivity index (χ1n) is 5.98. The number of nitrogens with one attached hydrogen (secondary N) is 2. The van der Waals surface area contributed by atoms with Crippen molar-refractivity contribution in [2.24, 2.45) is 0 Å². The van der Waals surface area contributed by atoms with Gasteiger partial charge in [0.1, 0.15) is 0 Å². The summed E-state index contributed by atoms with van der Waals surface area (Å²) in [6.45, 7) is 2.77. The molecule has 0 saturated carbocycles. The molecule has 0 aromatic carbocycles. The maximum Gasteiger partial charge on any atom is 0.217 e. The SMILES string of the molecule is Cl.O=S(=O)(N[C@@H]1CCCNC1)C1CCCOC1. The third-order valence-electron chi connectivity index (χ3n) is 3.19. The van der Waals surface area contributed by atoms with Gasteiger partial charge < -0.3 is 10.1 Å². The van der Waals surface area contributed by atoms with Crippen LogP contribution in [0.15, 0.2) is 0 Å². The third-order valence-corrected chi connectivity index (χ3v) is 5.10. The Hall–Kier alpha value is 0.120. The largest absolute Gasteiger partial charge is 0.380 e. The van der Waals surface area contributed by atoms with Crippen LogP contribution < -0.4 is 10.0 Å². The summed E-state index contributed by atoms with van der Waals surface area (Å²) in [5, 5.41) is 2.84. The van der Waals surface area contributed by atoms with Gasteiger partial charge in [0.2, 0.25) is 10.0 Å². The molecule has 2 atom stereocenters. The van der Waals surface area contributed by atoms with E-state index in [4.69, 9.17) is 4.74 Å². The molecule has 0 amide bonds. The highest BCUT2D eigenvalue weighted by molar-refractivity contribution is 7.90. The van der Waals surface area contributed by atoms with E-state index in [0.29, 0.717) is 13.2 Å². The number of hydrogen-bond acceptors (Lipinski definition) is 4. The fourth-order valence-electron chi connectivity index (χ4n) is 2.24. The molecule has 2 aliphatic rings. The Morgan fingerprint density at radius 3 is 2.65 bits per heavy atom. The van der Waals surface area contributed by atoms with Crippen LogP contribution in [0.1, 0.15) is 25.7 Å². The van der Waals surface area contributed by atoms with E-state index >= 15 is 0 Å².